The zero-order chi connectivity index (χ0) is 76.7. The number of esters is 4. The van der Waals surface area contributed by atoms with E-state index >= 15 is 0 Å². The number of phosphoric acid groups is 2. The summed E-state index contributed by atoms with van der Waals surface area (Å²) < 4.78 is 68.9. The summed E-state index contributed by atoms with van der Waals surface area (Å²) in [5.74, 6) is 1.02. The lowest BCUT2D eigenvalue weighted by atomic mass is 10.0. The summed E-state index contributed by atoms with van der Waals surface area (Å²) >= 11 is 0. The van der Waals surface area contributed by atoms with Gasteiger partial charge in [0.15, 0.2) is 12.2 Å². The normalized spacial score (nSPS) is 14.0. The molecule has 0 spiro atoms. The minimum atomic E-state index is -4.97. The Morgan fingerprint density at radius 1 is 0.240 bits per heavy atom. The largest absolute Gasteiger partial charge is 0.472 e. The van der Waals surface area contributed by atoms with Crippen molar-refractivity contribution >= 4 is 39.5 Å². The van der Waals surface area contributed by atoms with Crippen molar-refractivity contribution in [2.24, 2.45) is 23.7 Å². The summed E-state index contributed by atoms with van der Waals surface area (Å²) in [6.45, 7) is 14.3. The molecular weight excluding hydrogens is 1350 g/mol. The van der Waals surface area contributed by atoms with Gasteiger partial charge in [-0.1, -0.05) is 389 Å². The molecule has 0 aromatic rings. The van der Waals surface area contributed by atoms with Gasteiger partial charge in [0.1, 0.15) is 19.3 Å². The topological polar surface area (TPSA) is 237 Å². The summed E-state index contributed by atoms with van der Waals surface area (Å²) in [6, 6.07) is 0. The third-order valence-corrected chi connectivity index (χ3v) is 21.7. The van der Waals surface area contributed by atoms with Gasteiger partial charge in [0, 0.05) is 25.7 Å². The van der Waals surface area contributed by atoms with Gasteiger partial charge >= 0.3 is 39.5 Å². The van der Waals surface area contributed by atoms with E-state index in [0.29, 0.717) is 25.7 Å². The van der Waals surface area contributed by atoms with Crippen molar-refractivity contribution in [1.29, 1.82) is 0 Å². The summed E-state index contributed by atoms with van der Waals surface area (Å²) in [4.78, 5) is 73.2. The van der Waals surface area contributed by atoms with Crippen molar-refractivity contribution in [3.05, 3.63) is 0 Å². The molecule has 19 heteroatoms. The monoisotopic (exact) mass is 1520 g/mol. The molecule has 0 saturated heterocycles. The molecule has 0 radical (unpaired) electrons. The van der Waals surface area contributed by atoms with Gasteiger partial charge in [0.05, 0.1) is 26.4 Å². The van der Waals surface area contributed by atoms with Crippen LogP contribution in [0, 0.1) is 23.7 Å². The SMILES string of the molecule is CC(C)CCCCCCCCCCCCCCCCCCC(=O)OC[C@H](COP(=O)(O)OC[C@@H](O)COP(=O)(O)OC[C@@H](COC(=O)CCCCCCCCCCC(C)C)OC(=O)CCCCCCCCCCCCCCC(C)C)OC(=O)CCCCCCCCCCCCCCCCCCC(C)C. The fourth-order valence-electron chi connectivity index (χ4n) is 13.1. The van der Waals surface area contributed by atoms with E-state index in [1.807, 2.05) is 0 Å². The predicted octanol–water partition coefficient (Wildman–Crippen LogP) is 25.6. The minimum absolute atomic E-state index is 0.106. The van der Waals surface area contributed by atoms with E-state index in [2.05, 4.69) is 55.4 Å². The molecular formula is C85H166O17P2. The van der Waals surface area contributed by atoms with Gasteiger partial charge < -0.3 is 33.8 Å². The molecule has 0 aliphatic carbocycles. The Morgan fingerprint density at radius 2 is 0.404 bits per heavy atom. The second-order valence-electron chi connectivity index (χ2n) is 32.5. The van der Waals surface area contributed by atoms with Crippen LogP contribution in [0.2, 0.25) is 0 Å². The van der Waals surface area contributed by atoms with Gasteiger partial charge in [-0.15, -0.1) is 0 Å². The van der Waals surface area contributed by atoms with Crippen LogP contribution in [0.4, 0.5) is 0 Å². The number of carbonyl (C=O) groups excluding carboxylic acids is 4. The third kappa shape index (κ3) is 78.2. The average Bonchev–Trinajstić information content (AvgIpc) is 0.944. The number of carbonyl (C=O) groups is 4. The quantitative estimate of drug-likeness (QED) is 0.0222. The summed E-state index contributed by atoms with van der Waals surface area (Å²) in [7, 11) is -9.93. The first-order chi connectivity index (χ1) is 50.1. The summed E-state index contributed by atoms with van der Waals surface area (Å²) in [5.41, 5.74) is 0. The van der Waals surface area contributed by atoms with Crippen LogP contribution < -0.4 is 0 Å². The lowest BCUT2D eigenvalue weighted by Crippen LogP contribution is -2.30. The number of hydrogen-bond acceptors (Lipinski definition) is 15. The Bertz CT molecular complexity index is 2020. The van der Waals surface area contributed by atoms with Crippen molar-refractivity contribution in [1.82, 2.24) is 0 Å². The molecule has 0 aliphatic heterocycles. The first-order valence-electron chi connectivity index (χ1n) is 43.7. The number of rotatable bonds is 82. The van der Waals surface area contributed by atoms with Gasteiger partial charge in [0.2, 0.25) is 0 Å². The molecule has 104 heavy (non-hydrogen) atoms. The minimum Gasteiger partial charge on any atom is -0.462 e. The van der Waals surface area contributed by atoms with E-state index in [-0.39, 0.29) is 25.7 Å². The second kappa shape index (κ2) is 73.8. The van der Waals surface area contributed by atoms with Crippen molar-refractivity contribution in [2.45, 2.75) is 459 Å². The lowest BCUT2D eigenvalue weighted by Gasteiger charge is -2.21. The smallest absolute Gasteiger partial charge is 0.462 e. The van der Waals surface area contributed by atoms with Crippen LogP contribution in [-0.4, -0.2) is 96.7 Å². The highest BCUT2D eigenvalue weighted by Gasteiger charge is 2.30. The number of hydrogen-bond donors (Lipinski definition) is 3. The highest BCUT2D eigenvalue weighted by molar-refractivity contribution is 7.47. The molecule has 5 atom stereocenters. The molecule has 0 aliphatic rings. The molecule has 618 valence electrons. The van der Waals surface area contributed by atoms with Crippen LogP contribution in [0.3, 0.4) is 0 Å². The maximum absolute atomic E-state index is 13.1. The Labute approximate surface area is 638 Å². The van der Waals surface area contributed by atoms with Gasteiger partial charge in [0.25, 0.3) is 0 Å². The number of ether oxygens (including phenoxy) is 4. The molecule has 0 aromatic carbocycles. The molecule has 17 nitrogen and oxygen atoms in total. The average molecular weight is 1520 g/mol. The van der Waals surface area contributed by atoms with Gasteiger partial charge in [-0.3, -0.25) is 37.3 Å². The third-order valence-electron chi connectivity index (χ3n) is 19.8. The van der Waals surface area contributed by atoms with Crippen molar-refractivity contribution < 1.29 is 80.2 Å². The second-order valence-corrected chi connectivity index (χ2v) is 35.4. The highest BCUT2D eigenvalue weighted by atomic mass is 31.2. The molecule has 0 bridgehead atoms. The predicted molar refractivity (Wildman–Crippen MR) is 428 cm³/mol. The van der Waals surface area contributed by atoms with Crippen molar-refractivity contribution in [3.8, 4) is 0 Å². The van der Waals surface area contributed by atoms with E-state index in [1.54, 1.807) is 0 Å². The number of phosphoric ester groups is 2. The molecule has 0 rings (SSSR count). The highest BCUT2D eigenvalue weighted by Crippen LogP contribution is 2.45. The molecule has 2 unspecified atom stereocenters. The van der Waals surface area contributed by atoms with E-state index < -0.39 is 97.5 Å². The van der Waals surface area contributed by atoms with Crippen LogP contribution >= 0.6 is 15.6 Å². The number of aliphatic hydroxyl groups is 1. The molecule has 0 fully saturated rings. The van der Waals surface area contributed by atoms with E-state index in [1.165, 1.54) is 244 Å². The fraction of sp³-hybridized carbons (Fsp3) is 0.953. The molecule has 0 aromatic heterocycles. The standard InChI is InChI=1S/C85H166O17P2/c1-75(2)61-53-45-37-29-23-17-13-9-11-15-19-26-32-41-49-57-65-82(87)95-71-80(101-84(89)67-59-51-43-33-27-20-16-12-10-14-18-24-30-38-46-54-62-76(3)4)73-99-103(91,92)97-69-79(86)70-98-104(93,94)100-74-81(72-96-83(88)66-58-50-42-36-35-40-48-56-64-78(7)8)102-85(90)68-60-52-44-34-28-22-21-25-31-39-47-55-63-77(5)6/h75-81,86H,9-74H2,1-8H3,(H,91,92)(H,93,94)/t79-,80-,81-/m1/s1. The Morgan fingerprint density at radius 3 is 0.596 bits per heavy atom. The Hall–Kier alpha value is -1.94. The summed E-state index contributed by atoms with van der Waals surface area (Å²) in [5, 5.41) is 10.7. The van der Waals surface area contributed by atoms with Crippen molar-refractivity contribution in [3.63, 3.8) is 0 Å². The molecule has 3 N–H and O–H groups in total. The number of aliphatic hydroxyl groups excluding tert-OH is 1. The van der Waals surface area contributed by atoms with Crippen LogP contribution in [0.15, 0.2) is 0 Å². The van der Waals surface area contributed by atoms with Crippen LogP contribution in [0.5, 0.6) is 0 Å². The number of unbranched alkanes of at least 4 members (excludes halogenated alkanes) is 48. The van der Waals surface area contributed by atoms with E-state index in [0.717, 1.165) is 114 Å². The Balaban J connectivity index is 5.25. The van der Waals surface area contributed by atoms with Gasteiger partial charge in [-0.05, 0) is 49.4 Å². The maximum Gasteiger partial charge on any atom is 0.472 e. The zero-order valence-corrected chi connectivity index (χ0v) is 70.5. The molecule has 0 heterocycles. The Kier molecular flexibility index (Phi) is 72.5. The zero-order valence-electron chi connectivity index (χ0n) is 68.7. The summed E-state index contributed by atoms with van der Waals surface area (Å²) in [6.07, 6.45) is 62.5. The fourth-order valence-corrected chi connectivity index (χ4v) is 14.7. The molecule has 0 amide bonds. The molecule has 0 saturated carbocycles. The maximum atomic E-state index is 13.1. The van der Waals surface area contributed by atoms with E-state index in [4.69, 9.17) is 37.0 Å². The van der Waals surface area contributed by atoms with Crippen molar-refractivity contribution in [2.75, 3.05) is 39.6 Å². The van der Waals surface area contributed by atoms with Crippen LogP contribution in [0.1, 0.15) is 441 Å². The first kappa shape index (κ1) is 102. The lowest BCUT2D eigenvalue weighted by molar-refractivity contribution is -0.161. The first-order valence-corrected chi connectivity index (χ1v) is 46.7. The van der Waals surface area contributed by atoms with Crippen LogP contribution in [0.25, 0.3) is 0 Å². The van der Waals surface area contributed by atoms with Gasteiger partial charge in [-0.25, -0.2) is 9.13 Å². The van der Waals surface area contributed by atoms with Crippen LogP contribution in [-0.2, 0) is 65.4 Å². The van der Waals surface area contributed by atoms with E-state index in [9.17, 15) is 43.2 Å². The van der Waals surface area contributed by atoms with Gasteiger partial charge in [-0.2, -0.15) is 0 Å².